The van der Waals surface area contributed by atoms with E-state index in [1.807, 2.05) is 72.1 Å². The van der Waals surface area contributed by atoms with Gasteiger partial charge in [0, 0.05) is 15.4 Å². The number of nitrogens with one attached hydrogen (secondary N) is 1. The van der Waals surface area contributed by atoms with E-state index in [4.69, 9.17) is 9.47 Å². The van der Waals surface area contributed by atoms with Gasteiger partial charge in [0.1, 0.15) is 6.61 Å². The van der Waals surface area contributed by atoms with Crippen LogP contribution < -0.4 is 14.9 Å². The smallest absolute Gasteiger partial charge is 0.250 e. The van der Waals surface area contributed by atoms with E-state index in [-0.39, 0.29) is 11.7 Å². The van der Waals surface area contributed by atoms with Gasteiger partial charge in [-0.15, -0.1) is 11.3 Å². The van der Waals surface area contributed by atoms with Gasteiger partial charge < -0.3 is 9.47 Å². The van der Waals surface area contributed by atoms with Gasteiger partial charge in [0.15, 0.2) is 15.8 Å². The molecule has 0 saturated heterocycles. The number of amides is 1. The maximum absolute atomic E-state index is 12.2. The molecule has 0 radical (unpaired) electrons. The number of hydrogen-bond acceptors (Lipinski definition) is 7. The van der Waals surface area contributed by atoms with E-state index in [9.17, 15) is 4.79 Å². The first-order chi connectivity index (χ1) is 17.1. The first-order valence-corrected chi connectivity index (χ1v) is 13.3. The minimum Gasteiger partial charge on any atom is -0.493 e. The van der Waals surface area contributed by atoms with Crippen molar-refractivity contribution in [2.24, 2.45) is 5.10 Å². The molecule has 0 fully saturated rings. The number of aromatic nitrogens is 1. The Bertz CT molecular complexity index is 1310. The van der Waals surface area contributed by atoms with E-state index < -0.39 is 0 Å². The van der Waals surface area contributed by atoms with Crippen LogP contribution in [0.1, 0.15) is 11.1 Å². The molecule has 178 valence electrons. The molecule has 3 aromatic carbocycles. The number of nitrogens with zero attached hydrogens (tertiary/aromatic N) is 2. The molecule has 0 aliphatic carbocycles. The number of carbonyl (C=O) groups is 1. The van der Waals surface area contributed by atoms with Crippen molar-refractivity contribution in [2.45, 2.75) is 10.9 Å². The van der Waals surface area contributed by atoms with Crippen molar-refractivity contribution in [1.29, 1.82) is 0 Å². The average molecular weight is 569 g/mol. The van der Waals surface area contributed by atoms with E-state index in [0.717, 1.165) is 31.2 Å². The Morgan fingerprint density at radius 3 is 2.77 bits per heavy atom. The summed E-state index contributed by atoms with van der Waals surface area (Å²) in [5, 5.41) is 6.05. The van der Waals surface area contributed by atoms with Crippen LogP contribution >= 0.6 is 39.0 Å². The van der Waals surface area contributed by atoms with Gasteiger partial charge >= 0.3 is 0 Å². The molecule has 4 rings (SSSR count). The summed E-state index contributed by atoms with van der Waals surface area (Å²) in [5.41, 5.74) is 6.34. The zero-order valence-corrected chi connectivity index (χ0v) is 22.0. The van der Waals surface area contributed by atoms with Gasteiger partial charge in [0.2, 0.25) is 0 Å². The number of benzene rings is 3. The molecule has 4 aromatic rings. The van der Waals surface area contributed by atoms with Gasteiger partial charge in [-0.1, -0.05) is 70.2 Å². The number of hydrazone groups is 1. The molecule has 9 heteroatoms. The molecule has 1 heterocycles. The average Bonchev–Trinajstić information content (AvgIpc) is 3.36. The Hall–Kier alpha value is -3.14. The summed E-state index contributed by atoms with van der Waals surface area (Å²) in [5.74, 6) is 1.24. The molecule has 0 atom stereocenters. The number of carbonyl (C=O) groups excluding carboxylic acids is 1. The summed E-state index contributed by atoms with van der Waals surface area (Å²) in [4.78, 5) is 16.8. The highest BCUT2D eigenvalue weighted by atomic mass is 79.9. The summed E-state index contributed by atoms with van der Waals surface area (Å²) < 4.78 is 13.2. The predicted molar refractivity (Wildman–Crippen MR) is 145 cm³/mol. The lowest BCUT2D eigenvalue weighted by molar-refractivity contribution is -0.118. The number of hydrogen-bond donors (Lipinski definition) is 1. The fourth-order valence-electron chi connectivity index (χ4n) is 3.07. The van der Waals surface area contributed by atoms with E-state index in [1.165, 1.54) is 23.1 Å². The summed E-state index contributed by atoms with van der Waals surface area (Å²) >= 11 is 6.37. The molecule has 0 spiro atoms. The maximum Gasteiger partial charge on any atom is 0.250 e. The van der Waals surface area contributed by atoms with Gasteiger partial charge in [-0.3, -0.25) is 4.79 Å². The van der Waals surface area contributed by atoms with Gasteiger partial charge in [-0.05, 0) is 41.5 Å². The first kappa shape index (κ1) is 25.0. The van der Waals surface area contributed by atoms with Crippen LogP contribution in [0.3, 0.4) is 0 Å². The number of rotatable bonds is 10. The van der Waals surface area contributed by atoms with Gasteiger partial charge in [0.25, 0.3) is 5.91 Å². The van der Waals surface area contributed by atoms with E-state index in [0.29, 0.717) is 18.1 Å². The molecule has 0 bridgehead atoms. The first-order valence-electron chi connectivity index (χ1n) is 10.6. The zero-order chi connectivity index (χ0) is 24.5. The Kier molecular flexibility index (Phi) is 8.94. The van der Waals surface area contributed by atoms with Crippen LogP contribution in [-0.2, 0) is 11.4 Å². The topological polar surface area (TPSA) is 72.8 Å². The molecule has 35 heavy (non-hydrogen) atoms. The maximum atomic E-state index is 12.2. The van der Waals surface area contributed by atoms with Crippen molar-refractivity contribution in [1.82, 2.24) is 10.4 Å². The fourth-order valence-corrected chi connectivity index (χ4v) is 5.15. The molecular formula is C26H22BrN3O3S2. The Balaban J connectivity index is 1.27. The van der Waals surface area contributed by atoms with E-state index >= 15 is 0 Å². The third-order valence-corrected chi connectivity index (χ3v) is 7.27. The highest BCUT2D eigenvalue weighted by molar-refractivity contribution is 9.10. The normalized spacial score (nSPS) is 10.9. The predicted octanol–water partition coefficient (Wildman–Crippen LogP) is 6.40. The number of methoxy groups -OCH3 is 1. The Morgan fingerprint density at radius 1 is 1.11 bits per heavy atom. The van der Waals surface area contributed by atoms with Crippen molar-refractivity contribution < 1.29 is 14.3 Å². The lowest BCUT2D eigenvalue weighted by Gasteiger charge is -2.11. The van der Waals surface area contributed by atoms with Gasteiger partial charge in [0.05, 0.1) is 24.8 Å². The van der Waals surface area contributed by atoms with Crippen LogP contribution in [0, 0.1) is 0 Å². The van der Waals surface area contributed by atoms with E-state index in [2.05, 4.69) is 31.4 Å². The second kappa shape index (κ2) is 12.5. The minimum atomic E-state index is -0.205. The number of halogens is 1. The standard InChI is InChI=1S/C26H22BrN3O3S2/c1-32-24-13-18(10-11-23(24)33-15-19-6-5-9-21(27)12-19)14-28-30-25(31)17-35-26-29-22(16-34-26)20-7-3-2-4-8-20/h2-14,16H,15,17H2,1H3,(H,30,31)/b28-14+. The zero-order valence-electron chi connectivity index (χ0n) is 18.8. The Labute approximate surface area is 220 Å². The van der Waals surface area contributed by atoms with Gasteiger partial charge in [-0.2, -0.15) is 5.10 Å². The second-order valence-electron chi connectivity index (χ2n) is 7.28. The van der Waals surface area contributed by atoms with Crippen LogP contribution in [0.25, 0.3) is 11.3 Å². The molecular weight excluding hydrogens is 546 g/mol. The summed E-state index contributed by atoms with van der Waals surface area (Å²) in [7, 11) is 1.59. The molecule has 1 N–H and O–H groups in total. The number of ether oxygens (including phenoxy) is 2. The van der Waals surface area contributed by atoms with Crippen LogP contribution in [0.5, 0.6) is 11.5 Å². The van der Waals surface area contributed by atoms with Gasteiger partial charge in [-0.25, -0.2) is 10.4 Å². The summed E-state index contributed by atoms with van der Waals surface area (Å²) in [6.45, 7) is 0.420. The van der Waals surface area contributed by atoms with E-state index in [1.54, 1.807) is 19.4 Å². The molecule has 0 aliphatic heterocycles. The summed E-state index contributed by atoms with van der Waals surface area (Å²) in [6, 6.07) is 23.4. The number of thiazole rings is 1. The quantitative estimate of drug-likeness (QED) is 0.136. The third-order valence-electron chi connectivity index (χ3n) is 4.75. The largest absolute Gasteiger partial charge is 0.493 e. The SMILES string of the molecule is COc1cc(/C=N/NC(=O)CSc2nc(-c3ccccc3)cs2)ccc1OCc1cccc(Br)c1. The molecule has 0 saturated carbocycles. The number of thioether (sulfide) groups is 1. The van der Waals surface area contributed by atoms with Crippen LogP contribution in [0.2, 0.25) is 0 Å². The van der Waals surface area contributed by atoms with Crippen LogP contribution in [-0.4, -0.2) is 30.0 Å². The molecule has 1 aromatic heterocycles. The highest BCUT2D eigenvalue weighted by Crippen LogP contribution is 2.29. The monoisotopic (exact) mass is 567 g/mol. The van der Waals surface area contributed by atoms with Crippen molar-refractivity contribution >= 4 is 51.2 Å². The molecule has 6 nitrogen and oxygen atoms in total. The molecule has 0 aliphatic rings. The highest BCUT2D eigenvalue weighted by Gasteiger charge is 2.08. The molecule has 0 unspecified atom stereocenters. The van der Waals surface area contributed by atoms with Crippen molar-refractivity contribution in [2.75, 3.05) is 12.9 Å². The van der Waals surface area contributed by atoms with Crippen LogP contribution in [0.4, 0.5) is 0 Å². The third kappa shape index (κ3) is 7.42. The lowest BCUT2D eigenvalue weighted by atomic mass is 10.2. The summed E-state index contributed by atoms with van der Waals surface area (Å²) in [6.07, 6.45) is 1.57. The van der Waals surface area contributed by atoms with Crippen molar-refractivity contribution in [3.63, 3.8) is 0 Å². The lowest BCUT2D eigenvalue weighted by Crippen LogP contribution is -2.19. The minimum absolute atomic E-state index is 0.205. The van der Waals surface area contributed by atoms with Crippen LogP contribution in [0.15, 0.2) is 92.1 Å². The Morgan fingerprint density at radius 2 is 1.97 bits per heavy atom. The van der Waals surface area contributed by atoms with Crippen molar-refractivity contribution in [3.05, 3.63) is 93.8 Å². The second-order valence-corrected chi connectivity index (χ2v) is 10.3. The molecule has 1 amide bonds. The fraction of sp³-hybridized carbons (Fsp3) is 0.115. The van der Waals surface area contributed by atoms with Crippen molar-refractivity contribution in [3.8, 4) is 22.8 Å².